The number of benzene rings is 2. The van der Waals surface area contributed by atoms with Gasteiger partial charge in [-0.05, 0) is 24.3 Å². The molecule has 166 valence electrons. The Bertz CT molecular complexity index is 1070. The first kappa shape index (κ1) is 21.8. The Kier molecular flexibility index (Phi) is 7.29. The second-order valence-electron chi connectivity index (χ2n) is 6.90. The van der Waals surface area contributed by atoms with Crippen LogP contribution in [0.25, 0.3) is 0 Å². The van der Waals surface area contributed by atoms with Gasteiger partial charge in [-0.1, -0.05) is 36.0 Å². The summed E-state index contributed by atoms with van der Waals surface area (Å²) in [5.41, 5.74) is 0.680. The van der Waals surface area contributed by atoms with E-state index in [1.807, 2.05) is 34.9 Å². The number of hydrogen-bond donors (Lipinski definition) is 1. The van der Waals surface area contributed by atoms with Crippen LogP contribution in [0.1, 0.15) is 12.2 Å². The minimum atomic E-state index is -0.0865. The predicted octanol–water partition coefficient (Wildman–Crippen LogP) is 3.94. The molecule has 2 aromatic carbocycles. The molecule has 0 unspecified atom stereocenters. The molecule has 32 heavy (non-hydrogen) atoms. The molecule has 9 heteroatoms. The van der Waals surface area contributed by atoms with E-state index in [1.54, 1.807) is 24.3 Å². The number of aromatic nitrogens is 3. The third kappa shape index (κ3) is 5.61. The van der Waals surface area contributed by atoms with E-state index < -0.39 is 0 Å². The van der Waals surface area contributed by atoms with Gasteiger partial charge in [-0.15, -0.1) is 16.8 Å². The van der Waals surface area contributed by atoms with Crippen LogP contribution in [0.4, 0.5) is 5.69 Å². The standard InChI is InChI=1S/C23H24N4O4S/c1-2-11-27-21(16-31-18-6-4-3-5-7-18)25-26-23(27)32-14-10-22(28)24-17-8-9-19-20(15-17)30-13-12-29-19/h2-9,15H,1,10-14,16H2,(H,24,28). The van der Waals surface area contributed by atoms with Crippen molar-refractivity contribution in [1.82, 2.24) is 14.8 Å². The summed E-state index contributed by atoms with van der Waals surface area (Å²) in [5.74, 6) is 3.29. The molecular formula is C23H24N4O4S. The van der Waals surface area contributed by atoms with E-state index in [2.05, 4.69) is 22.1 Å². The van der Waals surface area contributed by atoms with Crippen molar-refractivity contribution in [1.29, 1.82) is 0 Å². The summed E-state index contributed by atoms with van der Waals surface area (Å²) < 4.78 is 18.8. The summed E-state index contributed by atoms with van der Waals surface area (Å²) in [4.78, 5) is 12.4. The monoisotopic (exact) mass is 452 g/mol. The Balaban J connectivity index is 1.29. The Morgan fingerprint density at radius 3 is 2.78 bits per heavy atom. The van der Waals surface area contributed by atoms with Crippen LogP contribution in [0.5, 0.6) is 17.2 Å². The van der Waals surface area contributed by atoms with Crippen molar-refractivity contribution >= 4 is 23.4 Å². The van der Waals surface area contributed by atoms with E-state index in [4.69, 9.17) is 14.2 Å². The number of nitrogens with zero attached hydrogens (tertiary/aromatic N) is 3. The number of allylic oxidation sites excluding steroid dienone is 1. The molecule has 2 heterocycles. The fourth-order valence-corrected chi connectivity index (χ4v) is 3.99. The first-order valence-electron chi connectivity index (χ1n) is 10.3. The number of ether oxygens (including phenoxy) is 3. The predicted molar refractivity (Wildman–Crippen MR) is 122 cm³/mol. The molecule has 0 saturated heterocycles. The van der Waals surface area contributed by atoms with Gasteiger partial charge in [0.1, 0.15) is 25.6 Å². The lowest BCUT2D eigenvalue weighted by Gasteiger charge is -2.19. The zero-order valence-corrected chi connectivity index (χ0v) is 18.3. The van der Waals surface area contributed by atoms with E-state index in [1.165, 1.54) is 11.8 Å². The molecule has 1 aromatic heterocycles. The highest BCUT2D eigenvalue weighted by molar-refractivity contribution is 7.99. The van der Waals surface area contributed by atoms with Gasteiger partial charge in [0.05, 0.1) is 0 Å². The van der Waals surface area contributed by atoms with Gasteiger partial charge in [0.25, 0.3) is 0 Å². The maximum Gasteiger partial charge on any atom is 0.225 e. The number of rotatable bonds is 10. The van der Waals surface area contributed by atoms with Gasteiger partial charge in [0.15, 0.2) is 22.5 Å². The Labute approximate surface area is 190 Å². The summed E-state index contributed by atoms with van der Waals surface area (Å²) >= 11 is 1.47. The summed E-state index contributed by atoms with van der Waals surface area (Å²) in [5, 5.41) is 12.1. The molecule has 0 fully saturated rings. The number of nitrogens with one attached hydrogen (secondary N) is 1. The van der Waals surface area contributed by atoms with Crippen LogP contribution in [0, 0.1) is 0 Å². The molecule has 0 spiro atoms. The lowest BCUT2D eigenvalue weighted by Crippen LogP contribution is -2.16. The highest BCUT2D eigenvalue weighted by atomic mass is 32.2. The lowest BCUT2D eigenvalue weighted by molar-refractivity contribution is -0.115. The van der Waals surface area contributed by atoms with Crippen molar-refractivity contribution in [3.05, 3.63) is 67.0 Å². The molecule has 0 saturated carbocycles. The van der Waals surface area contributed by atoms with Crippen LogP contribution < -0.4 is 19.5 Å². The zero-order chi connectivity index (χ0) is 22.2. The quantitative estimate of drug-likeness (QED) is 0.368. The average Bonchev–Trinajstić information content (AvgIpc) is 3.20. The molecule has 1 N–H and O–H groups in total. The van der Waals surface area contributed by atoms with Crippen LogP contribution in [-0.4, -0.2) is 39.6 Å². The number of para-hydroxylation sites is 1. The molecule has 0 bridgehead atoms. The number of carbonyl (C=O) groups excluding carboxylic acids is 1. The molecule has 1 amide bonds. The van der Waals surface area contributed by atoms with Gasteiger partial charge >= 0.3 is 0 Å². The Morgan fingerprint density at radius 2 is 1.97 bits per heavy atom. The van der Waals surface area contributed by atoms with E-state index >= 15 is 0 Å². The van der Waals surface area contributed by atoms with Gasteiger partial charge in [-0.25, -0.2) is 0 Å². The molecule has 4 rings (SSSR count). The van der Waals surface area contributed by atoms with Gasteiger partial charge < -0.3 is 19.5 Å². The van der Waals surface area contributed by atoms with Crippen LogP contribution >= 0.6 is 11.8 Å². The van der Waals surface area contributed by atoms with Gasteiger partial charge in [-0.2, -0.15) is 0 Å². The topological polar surface area (TPSA) is 87.5 Å². The minimum Gasteiger partial charge on any atom is -0.486 e. The van der Waals surface area contributed by atoms with E-state index in [9.17, 15) is 4.79 Å². The molecule has 0 radical (unpaired) electrons. The number of hydrogen-bond acceptors (Lipinski definition) is 7. The Morgan fingerprint density at radius 1 is 1.16 bits per heavy atom. The van der Waals surface area contributed by atoms with Crippen molar-refractivity contribution in [2.45, 2.75) is 24.7 Å². The maximum atomic E-state index is 12.4. The third-order valence-electron chi connectivity index (χ3n) is 4.60. The lowest BCUT2D eigenvalue weighted by atomic mass is 10.2. The number of amides is 1. The highest BCUT2D eigenvalue weighted by Gasteiger charge is 2.15. The summed E-state index contributed by atoms with van der Waals surface area (Å²) in [7, 11) is 0. The number of thioether (sulfide) groups is 1. The van der Waals surface area contributed by atoms with E-state index in [-0.39, 0.29) is 5.91 Å². The van der Waals surface area contributed by atoms with Gasteiger partial charge in [0, 0.05) is 30.5 Å². The van der Waals surface area contributed by atoms with Crippen molar-refractivity contribution in [2.24, 2.45) is 0 Å². The molecule has 8 nitrogen and oxygen atoms in total. The van der Waals surface area contributed by atoms with Crippen molar-refractivity contribution in [2.75, 3.05) is 24.3 Å². The fraction of sp³-hybridized carbons (Fsp3) is 0.261. The van der Waals surface area contributed by atoms with Crippen LogP contribution in [0.3, 0.4) is 0 Å². The van der Waals surface area contributed by atoms with E-state index in [0.29, 0.717) is 61.5 Å². The minimum absolute atomic E-state index is 0.0865. The Hall–Kier alpha value is -3.46. The first-order chi connectivity index (χ1) is 15.7. The smallest absolute Gasteiger partial charge is 0.225 e. The molecule has 0 aliphatic carbocycles. The third-order valence-corrected chi connectivity index (χ3v) is 5.57. The zero-order valence-electron chi connectivity index (χ0n) is 17.5. The second kappa shape index (κ2) is 10.7. The number of fused-ring (bicyclic) bond motifs is 1. The summed E-state index contributed by atoms with van der Waals surface area (Å²) in [6.45, 7) is 5.71. The largest absolute Gasteiger partial charge is 0.486 e. The van der Waals surface area contributed by atoms with Crippen molar-refractivity contribution < 1.29 is 19.0 Å². The van der Waals surface area contributed by atoms with Gasteiger partial charge in [-0.3, -0.25) is 9.36 Å². The number of carbonyl (C=O) groups is 1. The summed E-state index contributed by atoms with van der Waals surface area (Å²) in [6.07, 6.45) is 2.12. The average molecular weight is 453 g/mol. The van der Waals surface area contributed by atoms with Gasteiger partial charge in [0.2, 0.25) is 5.91 Å². The normalized spacial score (nSPS) is 12.2. The maximum absolute atomic E-state index is 12.4. The molecule has 3 aromatic rings. The van der Waals surface area contributed by atoms with E-state index in [0.717, 1.165) is 10.9 Å². The molecule has 1 aliphatic rings. The van der Waals surface area contributed by atoms with Crippen LogP contribution in [0.15, 0.2) is 66.3 Å². The number of anilines is 1. The SMILES string of the molecule is C=CCn1c(COc2ccccc2)nnc1SCCC(=O)Nc1ccc2c(c1)OCCO2. The van der Waals surface area contributed by atoms with Crippen molar-refractivity contribution in [3.63, 3.8) is 0 Å². The second-order valence-corrected chi connectivity index (χ2v) is 7.97. The molecule has 0 atom stereocenters. The first-order valence-corrected chi connectivity index (χ1v) is 11.2. The highest BCUT2D eigenvalue weighted by Crippen LogP contribution is 2.32. The fourth-order valence-electron chi connectivity index (χ4n) is 3.09. The molecule has 1 aliphatic heterocycles. The van der Waals surface area contributed by atoms with Crippen LogP contribution in [-0.2, 0) is 17.9 Å². The van der Waals surface area contributed by atoms with Crippen LogP contribution in [0.2, 0.25) is 0 Å². The summed E-state index contributed by atoms with van der Waals surface area (Å²) in [6, 6.07) is 14.9. The van der Waals surface area contributed by atoms with Crippen molar-refractivity contribution in [3.8, 4) is 17.2 Å². The molecular weight excluding hydrogens is 428 g/mol.